The van der Waals surface area contributed by atoms with Crippen molar-refractivity contribution in [2.45, 2.75) is 31.3 Å². The van der Waals surface area contributed by atoms with E-state index in [2.05, 4.69) is 15.7 Å². The van der Waals surface area contributed by atoms with Crippen molar-refractivity contribution in [2.24, 2.45) is 5.92 Å². The van der Waals surface area contributed by atoms with E-state index < -0.39 is 33.7 Å². The quantitative estimate of drug-likeness (QED) is 0.449. The topological polar surface area (TPSA) is 117 Å². The molecule has 0 heterocycles. The second kappa shape index (κ2) is 9.92. The fourth-order valence-corrected chi connectivity index (χ4v) is 3.73. The first-order valence-corrected chi connectivity index (χ1v) is 11.5. The van der Waals surface area contributed by atoms with Crippen LogP contribution in [-0.2, 0) is 21.1 Å². The van der Waals surface area contributed by atoms with Crippen molar-refractivity contribution in [3.8, 4) is 0 Å². The minimum absolute atomic E-state index is 0.0699. The Hall–Kier alpha value is -2.93. The average molecular weight is 464 g/mol. The van der Waals surface area contributed by atoms with E-state index in [0.717, 1.165) is 6.26 Å². The number of hydrazine groups is 1. The first-order chi connectivity index (χ1) is 14.5. The summed E-state index contributed by atoms with van der Waals surface area (Å²) in [5.41, 5.74) is 6.33. The van der Waals surface area contributed by atoms with E-state index in [1.165, 1.54) is 31.2 Å². The van der Waals surface area contributed by atoms with E-state index in [1.54, 1.807) is 19.1 Å². The molecule has 0 radical (unpaired) electrons. The van der Waals surface area contributed by atoms with Gasteiger partial charge in [0.15, 0.2) is 9.84 Å². The van der Waals surface area contributed by atoms with Crippen LogP contribution in [0.2, 0.25) is 5.02 Å². The highest BCUT2D eigenvalue weighted by atomic mass is 35.5. The molecule has 10 heteroatoms. The summed E-state index contributed by atoms with van der Waals surface area (Å²) in [5, 5.41) is 10.4. The van der Waals surface area contributed by atoms with E-state index in [9.17, 15) is 23.1 Å². The van der Waals surface area contributed by atoms with Gasteiger partial charge in [-0.05, 0) is 55.7 Å². The Morgan fingerprint density at radius 1 is 1.16 bits per heavy atom. The Kier molecular flexibility index (Phi) is 7.79. The number of sulfone groups is 1. The van der Waals surface area contributed by atoms with Gasteiger partial charge in [-0.1, -0.05) is 23.7 Å². The average Bonchev–Trinajstić information content (AvgIpc) is 2.72. The molecule has 0 aliphatic heterocycles. The number of halogens is 1. The van der Waals surface area contributed by atoms with E-state index in [4.69, 9.17) is 18.2 Å². The molecular formula is C21H22ClN3O5S. The van der Waals surface area contributed by atoms with Crippen molar-refractivity contribution in [1.29, 1.82) is 0 Å². The third-order valence-corrected chi connectivity index (χ3v) is 6.41. The van der Waals surface area contributed by atoms with Gasteiger partial charge in [-0.15, -0.1) is 0 Å². The molecule has 0 unspecified atom stereocenters. The summed E-state index contributed by atoms with van der Waals surface area (Å²) < 4.78 is 23.0. The van der Waals surface area contributed by atoms with Gasteiger partial charge in [-0.3, -0.25) is 20.4 Å². The maximum Gasteiger partial charge on any atom is 0.269 e. The van der Waals surface area contributed by atoms with Crippen LogP contribution in [0.1, 0.15) is 28.4 Å². The van der Waals surface area contributed by atoms with Gasteiger partial charge < -0.3 is 5.11 Å². The minimum Gasteiger partial charge on any atom is -0.393 e. The molecule has 31 heavy (non-hydrogen) atoms. The van der Waals surface area contributed by atoms with E-state index in [-0.39, 0.29) is 16.9 Å². The Balaban J connectivity index is 2.09. The molecule has 0 fully saturated rings. The lowest BCUT2D eigenvalue weighted by Crippen LogP contribution is -2.47. The van der Waals surface area contributed by atoms with Crippen molar-refractivity contribution in [3.05, 3.63) is 69.5 Å². The summed E-state index contributed by atoms with van der Waals surface area (Å²) in [6.07, 6.45) is 0.180. The highest BCUT2D eigenvalue weighted by Gasteiger charge is 2.26. The first kappa shape index (κ1) is 24.3. The zero-order valence-corrected chi connectivity index (χ0v) is 18.7. The number of benzene rings is 2. The van der Waals surface area contributed by atoms with Crippen molar-refractivity contribution in [2.75, 3.05) is 6.26 Å². The Morgan fingerprint density at radius 3 is 2.29 bits per heavy atom. The van der Waals surface area contributed by atoms with Gasteiger partial charge in [0.2, 0.25) is 11.6 Å². The molecule has 164 valence electrons. The number of hydrogen-bond donors (Lipinski definition) is 3. The zero-order chi connectivity index (χ0) is 23.3. The molecule has 0 spiro atoms. The van der Waals surface area contributed by atoms with Crippen molar-refractivity contribution < 1.29 is 23.1 Å². The second-order valence-corrected chi connectivity index (χ2v) is 9.48. The van der Waals surface area contributed by atoms with Gasteiger partial charge in [0.05, 0.1) is 28.5 Å². The van der Waals surface area contributed by atoms with Gasteiger partial charge in [-0.25, -0.2) is 13.3 Å². The third kappa shape index (κ3) is 6.04. The summed E-state index contributed by atoms with van der Waals surface area (Å²) in [6.45, 7) is 10.3. The Morgan fingerprint density at radius 2 is 1.77 bits per heavy atom. The summed E-state index contributed by atoms with van der Waals surface area (Å²) in [6, 6.07) is 8.48. The molecule has 2 amide bonds. The normalized spacial score (nSPS) is 13.0. The van der Waals surface area contributed by atoms with E-state index in [0.29, 0.717) is 21.8 Å². The molecule has 0 saturated heterocycles. The number of nitrogens with one attached hydrogen (secondary N) is 2. The minimum atomic E-state index is -3.39. The lowest BCUT2D eigenvalue weighted by atomic mass is 9.91. The van der Waals surface area contributed by atoms with Gasteiger partial charge in [0.1, 0.15) is 0 Å². The highest BCUT2D eigenvalue weighted by Crippen LogP contribution is 2.31. The third-order valence-electron chi connectivity index (χ3n) is 4.80. The van der Waals surface area contributed by atoms with Crippen LogP contribution in [0.15, 0.2) is 41.3 Å². The summed E-state index contributed by atoms with van der Waals surface area (Å²) in [4.78, 5) is 28.2. The second-order valence-electron chi connectivity index (χ2n) is 7.09. The molecule has 0 aliphatic carbocycles. The number of carbonyl (C=O) groups is 2. The SMILES string of the molecule is [C-]#[N+]c1ccc(C[C@@H](C(=O)NNC(=O)c2ccc(S(C)(=O)=O)cc2)[C@H](C)O)c(C)c1Cl. The number of rotatable bonds is 6. The van der Waals surface area contributed by atoms with Crippen LogP contribution in [0.5, 0.6) is 0 Å². The van der Waals surface area contributed by atoms with Crippen LogP contribution in [0, 0.1) is 19.4 Å². The van der Waals surface area contributed by atoms with Crippen LogP contribution >= 0.6 is 11.6 Å². The monoisotopic (exact) mass is 463 g/mol. The first-order valence-electron chi connectivity index (χ1n) is 9.19. The molecule has 2 aromatic rings. The standard InChI is InChI=1S/C21H22ClN3O5S/c1-12-15(7-10-18(23-3)19(12)22)11-17(13(2)26)21(28)25-24-20(27)14-5-8-16(9-6-14)31(4,29)30/h5-10,13,17,26H,11H2,1-2,4H3,(H,24,27)(H,25,28)/t13-,17+/m0/s1. The maximum atomic E-state index is 12.6. The predicted molar refractivity (Wildman–Crippen MR) is 116 cm³/mol. The van der Waals surface area contributed by atoms with Gasteiger partial charge >= 0.3 is 0 Å². The molecule has 8 nitrogen and oxygen atoms in total. The fraction of sp³-hybridized carbons (Fsp3) is 0.286. The number of aliphatic hydroxyl groups is 1. The molecule has 2 rings (SSSR count). The van der Waals surface area contributed by atoms with E-state index >= 15 is 0 Å². The van der Waals surface area contributed by atoms with Gasteiger partial charge in [0, 0.05) is 11.8 Å². The fourth-order valence-electron chi connectivity index (χ4n) is 2.87. The summed E-state index contributed by atoms with van der Waals surface area (Å²) in [7, 11) is -3.39. The Labute approximate surface area is 185 Å². The molecule has 0 aromatic heterocycles. The van der Waals surface area contributed by atoms with Crippen LogP contribution < -0.4 is 10.9 Å². The number of nitrogens with zero attached hydrogens (tertiary/aromatic N) is 1. The molecule has 3 N–H and O–H groups in total. The van der Waals surface area contributed by atoms with E-state index in [1.807, 2.05) is 0 Å². The van der Waals surface area contributed by atoms with Crippen LogP contribution in [0.4, 0.5) is 5.69 Å². The predicted octanol–water partition coefficient (Wildman–Crippen LogP) is 2.60. The molecule has 0 bridgehead atoms. The molecular weight excluding hydrogens is 442 g/mol. The van der Waals surface area contributed by atoms with Gasteiger partial charge in [-0.2, -0.15) is 0 Å². The number of amides is 2. The van der Waals surface area contributed by atoms with Crippen LogP contribution in [0.3, 0.4) is 0 Å². The van der Waals surface area contributed by atoms with Crippen molar-refractivity contribution in [3.63, 3.8) is 0 Å². The molecule has 0 saturated carbocycles. The Bertz CT molecular complexity index is 1140. The lowest BCUT2D eigenvalue weighted by Gasteiger charge is -2.21. The molecule has 2 atom stereocenters. The largest absolute Gasteiger partial charge is 0.393 e. The van der Waals surface area contributed by atoms with Crippen LogP contribution in [0.25, 0.3) is 4.85 Å². The van der Waals surface area contributed by atoms with Crippen LogP contribution in [-0.4, -0.2) is 37.7 Å². The number of aliphatic hydroxyl groups excluding tert-OH is 1. The summed E-state index contributed by atoms with van der Waals surface area (Å²) in [5.74, 6) is -2.14. The van der Waals surface area contributed by atoms with Crippen molar-refractivity contribution >= 4 is 38.9 Å². The number of carbonyl (C=O) groups excluding carboxylic acids is 2. The van der Waals surface area contributed by atoms with Gasteiger partial charge in [0.25, 0.3) is 5.91 Å². The van der Waals surface area contributed by atoms with Crippen molar-refractivity contribution in [1.82, 2.24) is 10.9 Å². The smallest absolute Gasteiger partial charge is 0.269 e. The lowest BCUT2D eigenvalue weighted by molar-refractivity contribution is -0.128. The molecule has 0 aliphatic rings. The number of hydrogen-bond acceptors (Lipinski definition) is 5. The summed E-state index contributed by atoms with van der Waals surface area (Å²) >= 11 is 6.18. The highest BCUT2D eigenvalue weighted by molar-refractivity contribution is 7.90. The maximum absolute atomic E-state index is 12.6. The zero-order valence-electron chi connectivity index (χ0n) is 17.1. The molecule has 2 aromatic carbocycles.